The summed E-state index contributed by atoms with van der Waals surface area (Å²) in [5, 5.41) is 9.53. The van der Waals surface area contributed by atoms with E-state index in [9.17, 15) is 4.79 Å². The third-order valence-corrected chi connectivity index (χ3v) is 3.66. The molecule has 2 aromatic heterocycles. The highest BCUT2D eigenvalue weighted by Crippen LogP contribution is 2.28. The number of hydrogen-bond acceptors (Lipinski definition) is 5. The lowest BCUT2D eigenvalue weighted by Crippen LogP contribution is -2.17. The molecule has 0 amide bonds. The number of methoxy groups -OCH3 is 1. The molecule has 0 spiro atoms. The van der Waals surface area contributed by atoms with Gasteiger partial charge in [-0.15, -0.1) is 0 Å². The van der Waals surface area contributed by atoms with Gasteiger partial charge in [-0.05, 0) is 11.5 Å². The number of hydrogen-bond donors (Lipinski definition) is 1. The van der Waals surface area contributed by atoms with Crippen molar-refractivity contribution < 1.29 is 14.6 Å². The highest BCUT2D eigenvalue weighted by Gasteiger charge is 2.20. The smallest absolute Gasteiger partial charge is 0.313 e. The zero-order valence-corrected chi connectivity index (χ0v) is 13.4. The van der Waals surface area contributed by atoms with Crippen LogP contribution < -0.4 is 4.74 Å². The van der Waals surface area contributed by atoms with E-state index in [2.05, 4.69) is 30.7 Å². The van der Waals surface area contributed by atoms with Crippen LogP contribution in [0.5, 0.6) is 5.88 Å². The van der Waals surface area contributed by atoms with Crippen molar-refractivity contribution >= 4 is 28.9 Å². The minimum Gasteiger partial charge on any atom is -0.481 e. The van der Waals surface area contributed by atoms with Crippen molar-refractivity contribution in [1.29, 1.82) is 0 Å². The van der Waals surface area contributed by atoms with Crippen LogP contribution in [0, 0.1) is 5.41 Å². The summed E-state index contributed by atoms with van der Waals surface area (Å²) in [6.45, 7) is 7.05. The van der Waals surface area contributed by atoms with Crippen molar-refractivity contribution in [1.82, 2.24) is 14.5 Å². The SMILES string of the molecule is COc1ccc2nc(SCC(=O)O)n(CC(C)(C)C)c2n1. The Labute approximate surface area is 127 Å². The number of aromatic nitrogens is 3. The Morgan fingerprint density at radius 2 is 2.10 bits per heavy atom. The van der Waals surface area contributed by atoms with Crippen LogP contribution in [0.2, 0.25) is 0 Å². The average molecular weight is 309 g/mol. The summed E-state index contributed by atoms with van der Waals surface area (Å²) >= 11 is 1.21. The second-order valence-electron chi connectivity index (χ2n) is 5.92. The maximum absolute atomic E-state index is 10.8. The largest absolute Gasteiger partial charge is 0.481 e. The molecule has 0 bridgehead atoms. The highest BCUT2D eigenvalue weighted by atomic mass is 32.2. The molecular formula is C14H19N3O3S. The quantitative estimate of drug-likeness (QED) is 0.856. The first-order chi connectivity index (χ1) is 9.80. The molecule has 114 valence electrons. The summed E-state index contributed by atoms with van der Waals surface area (Å²) in [5.41, 5.74) is 1.49. The van der Waals surface area contributed by atoms with Crippen LogP contribution in [-0.2, 0) is 11.3 Å². The van der Waals surface area contributed by atoms with E-state index in [1.807, 2.05) is 10.6 Å². The molecule has 2 rings (SSSR count). The number of carboxylic acid groups (broad SMARTS) is 1. The van der Waals surface area contributed by atoms with Gasteiger partial charge in [0, 0.05) is 12.6 Å². The van der Waals surface area contributed by atoms with E-state index in [0.717, 1.165) is 11.2 Å². The van der Waals surface area contributed by atoms with Gasteiger partial charge in [-0.2, -0.15) is 4.98 Å². The fourth-order valence-electron chi connectivity index (χ4n) is 1.93. The highest BCUT2D eigenvalue weighted by molar-refractivity contribution is 7.99. The van der Waals surface area contributed by atoms with Crippen molar-refractivity contribution in [2.75, 3.05) is 12.9 Å². The van der Waals surface area contributed by atoms with Crippen molar-refractivity contribution in [3.63, 3.8) is 0 Å². The Balaban J connectivity index is 2.49. The number of fused-ring (bicyclic) bond motifs is 1. The molecule has 7 heteroatoms. The molecule has 0 saturated heterocycles. The lowest BCUT2D eigenvalue weighted by atomic mass is 9.97. The van der Waals surface area contributed by atoms with Gasteiger partial charge in [0.2, 0.25) is 5.88 Å². The number of rotatable bonds is 5. The Kier molecular flexibility index (Phi) is 4.41. The third-order valence-electron chi connectivity index (χ3n) is 2.70. The Hall–Kier alpha value is -1.76. The molecule has 0 aliphatic rings. The first kappa shape index (κ1) is 15.6. The molecule has 21 heavy (non-hydrogen) atoms. The Morgan fingerprint density at radius 1 is 1.38 bits per heavy atom. The normalized spacial score (nSPS) is 11.8. The summed E-state index contributed by atoms with van der Waals surface area (Å²) in [6, 6.07) is 3.59. The van der Waals surface area contributed by atoms with Crippen molar-refractivity contribution in [2.24, 2.45) is 5.41 Å². The molecule has 0 saturated carbocycles. The predicted octanol–water partition coefficient (Wildman–Crippen LogP) is 2.66. The fraction of sp³-hybridized carbons (Fsp3) is 0.500. The maximum Gasteiger partial charge on any atom is 0.313 e. The summed E-state index contributed by atoms with van der Waals surface area (Å²) in [6.07, 6.45) is 0. The molecule has 0 aliphatic heterocycles. The summed E-state index contributed by atoms with van der Waals surface area (Å²) in [5.74, 6) is -0.364. The van der Waals surface area contributed by atoms with E-state index in [1.165, 1.54) is 11.8 Å². The molecule has 1 N–H and O–H groups in total. The van der Waals surface area contributed by atoms with Gasteiger partial charge < -0.3 is 14.4 Å². The summed E-state index contributed by atoms with van der Waals surface area (Å²) in [7, 11) is 1.57. The fourth-order valence-corrected chi connectivity index (χ4v) is 2.65. The number of imidazole rings is 1. The number of thioether (sulfide) groups is 1. The predicted molar refractivity (Wildman–Crippen MR) is 81.9 cm³/mol. The third kappa shape index (κ3) is 3.87. The number of carbonyl (C=O) groups is 1. The van der Waals surface area contributed by atoms with Crippen LogP contribution in [0.4, 0.5) is 0 Å². The molecular weight excluding hydrogens is 290 g/mol. The van der Waals surface area contributed by atoms with E-state index >= 15 is 0 Å². The lowest BCUT2D eigenvalue weighted by Gasteiger charge is -2.20. The van der Waals surface area contributed by atoms with Crippen molar-refractivity contribution in [3.8, 4) is 5.88 Å². The first-order valence-corrected chi connectivity index (χ1v) is 7.54. The first-order valence-electron chi connectivity index (χ1n) is 6.56. The topological polar surface area (TPSA) is 77.2 Å². The average Bonchev–Trinajstić information content (AvgIpc) is 2.72. The second kappa shape index (κ2) is 5.93. The van der Waals surface area contributed by atoms with E-state index in [1.54, 1.807) is 13.2 Å². The van der Waals surface area contributed by atoms with Gasteiger partial charge in [0.05, 0.1) is 12.9 Å². The number of nitrogens with zero attached hydrogens (tertiary/aromatic N) is 3. The van der Waals surface area contributed by atoms with Crippen LogP contribution in [0.3, 0.4) is 0 Å². The summed E-state index contributed by atoms with van der Waals surface area (Å²) in [4.78, 5) is 19.7. The maximum atomic E-state index is 10.8. The summed E-state index contributed by atoms with van der Waals surface area (Å²) < 4.78 is 7.13. The molecule has 0 aromatic carbocycles. The van der Waals surface area contributed by atoms with Crippen LogP contribution >= 0.6 is 11.8 Å². The van der Waals surface area contributed by atoms with Gasteiger partial charge in [0.25, 0.3) is 0 Å². The molecule has 0 atom stereocenters. The van der Waals surface area contributed by atoms with Crippen LogP contribution in [0.15, 0.2) is 17.3 Å². The van der Waals surface area contributed by atoms with E-state index in [0.29, 0.717) is 17.6 Å². The van der Waals surface area contributed by atoms with Crippen molar-refractivity contribution in [3.05, 3.63) is 12.1 Å². The number of pyridine rings is 1. The van der Waals surface area contributed by atoms with Crippen LogP contribution in [0.25, 0.3) is 11.2 Å². The monoisotopic (exact) mass is 309 g/mol. The van der Waals surface area contributed by atoms with E-state index < -0.39 is 5.97 Å². The molecule has 0 radical (unpaired) electrons. The van der Waals surface area contributed by atoms with Gasteiger partial charge in [0.15, 0.2) is 10.8 Å². The lowest BCUT2D eigenvalue weighted by molar-refractivity contribution is -0.133. The number of ether oxygens (including phenoxy) is 1. The molecule has 6 nitrogen and oxygen atoms in total. The molecule has 2 aromatic rings. The Morgan fingerprint density at radius 3 is 2.67 bits per heavy atom. The van der Waals surface area contributed by atoms with Gasteiger partial charge in [-0.3, -0.25) is 4.79 Å². The van der Waals surface area contributed by atoms with Gasteiger partial charge >= 0.3 is 5.97 Å². The standard InChI is InChI=1S/C14H19N3O3S/c1-14(2,3)8-17-12-9(5-6-10(16-12)20-4)15-13(17)21-7-11(18)19/h5-6H,7-8H2,1-4H3,(H,18,19). The van der Waals surface area contributed by atoms with Crippen LogP contribution in [0.1, 0.15) is 20.8 Å². The number of aliphatic carboxylic acids is 1. The minimum atomic E-state index is -0.861. The van der Waals surface area contributed by atoms with Gasteiger partial charge in [0.1, 0.15) is 5.52 Å². The van der Waals surface area contributed by atoms with E-state index in [4.69, 9.17) is 9.84 Å². The van der Waals surface area contributed by atoms with Crippen LogP contribution in [-0.4, -0.2) is 38.5 Å². The minimum absolute atomic E-state index is 0.0232. The van der Waals surface area contributed by atoms with Gasteiger partial charge in [-0.25, -0.2) is 4.98 Å². The van der Waals surface area contributed by atoms with Gasteiger partial charge in [-0.1, -0.05) is 32.5 Å². The van der Waals surface area contributed by atoms with E-state index in [-0.39, 0.29) is 11.2 Å². The zero-order chi connectivity index (χ0) is 15.6. The Bertz CT molecular complexity index is 661. The number of carboxylic acids is 1. The molecule has 0 aliphatic carbocycles. The molecule has 0 fully saturated rings. The second-order valence-corrected chi connectivity index (χ2v) is 6.86. The molecule has 0 unspecified atom stereocenters. The van der Waals surface area contributed by atoms with Crippen molar-refractivity contribution in [2.45, 2.75) is 32.5 Å². The molecule has 2 heterocycles. The zero-order valence-electron chi connectivity index (χ0n) is 12.6.